The minimum Gasteiger partial charge on any atom is -0.398 e. The standard InChI is InChI=1S/C15H24N2O3S/c1-10-8-11(2)15(12(3)14(10)16)21(18,19)17-9-13-4-6-20-7-5-13/h8,13,17H,4-7,9,16H2,1-3H3. The number of hydrogen-bond acceptors (Lipinski definition) is 4. The smallest absolute Gasteiger partial charge is 0.241 e. The summed E-state index contributed by atoms with van der Waals surface area (Å²) in [5.41, 5.74) is 8.80. The van der Waals surface area contributed by atoms with Gasteiger partial charge >= 0.3 is 0 Å². The van der Waals surface area contributed by atoms with Crippen molar-refractivity contribution in [1.29, 1.82) is 0 Å². The normalized spacial score (nSPS) is 17.1. The van der Waals surface area contributed by atoms with Crippen molar-refractivity contribution in [3.05, 3.63) is 22.8 Å². The van der Waals surface area contributed by atoms with Crippen LogP contribution in [-0.4, -0.2) is 28.2 Å². The Morgan fingerprint density at radius 3 is 2.48 bits per heavy atom. The maximum Gasteiger partial charge on any atom is 0.241 e. The summed E-state index contributed by atoms with van der Waals surface area (Å²) < 4.78 is 33.2. The SMILES string of the molecule is Cc1cc(C)c(S(=O)(=O)NCC2CCOCC2)c(C)c1N. The Labute approximate surface area is 126 Å². The van der Waals surface area contributed by atoms with E-state index in [0.29, 0.717) is 41.8 Å². The van der Waals surface area contributed by atoms with Gasteiger partial charge in [0.1, 0.15) is 0 Å². The Balaban J connectivity index is 2.21. The quantitative estimate of drug-likeness (QED) is 0.832. The fourth-order valence-corrected chi connectivity index (χ4v) is 4.44. The number of nitrogen functional groups attached to an aromatic ring is 1. The van der Waals surface area contributed by atoms with E-state index < -0.39 is 10.0 Å². The molecular weight excluding hydrogens is 288 g/mol. The first-order chi connectivity index (χ1) is 9.83. The molecule has 1 aromatic rings. The number of ether oxygens (including phenoxy) is 1. The molecule has 1 aliphatic heterocycles. The van der Waals surface area contributed by atoms with E-state index in [1.165, 1.54) is 0 Å². The molecule has 1 fully saturated rings. The molecule has 0 atom stereocenters. The van der Waals surface area contributed by atoms with Crippen molar-refractivity contribution in [3.8, 4) is 0 Å². The van der Waals surface area contributed by atoms with Crippen molar-refractivity contribution >= 4 is 15.7 Å². The number of nitrogens with one attached hydrogen (secondary N) is 1. The van der Waals surface area contributed by atoms with Gasteiger partial charge in [0.2, 0.25) is 10.0 Å². The van der Waals surface area contributed by atoms with Crippen LogP contribution in [0.25, 0.3) is 0 Å². The molecule has 1 heterocycles. The first kappa shape index (κ1) is 16.3. The minimum absolute atomic E-state index is 0.317. The first-order valence-corrected chi connectivity index (χ1v) is 8.75. The van der Waals surface area contributed by atoms with Gasteiger partial charge in [0.05, 0.1) is 4.90 Å². The van der Waals surface area contributed by atoms with Gasteiger partial charge in [0, 0.05) is 25.4 Å². The summed E-state index contributed by atoms with van der Waals surface area (Å²) in [5, 5.41) is 0. The molecule has 1 aliphatic rings. The number of aryl methyl sites for hydroxylation is 2. The van der Waals surface area contributed by atoms with Crippen LogP contribution in [0.2, 0.25) is 0 Å². The van der Waals surface area contributed by atoms with E-state index in [0.717, 1.165) is 24.0 Å². The molecule has 0 amide bonds. The lowest BCUT2D eigenvalue weighted by molar-refractivity contribution is 0.0678. The number of benzene rings is 1. The van der Waals surface area contributed by atoms with Crippen LogP contribution in [0.3, 0.4) is 0 Å². The summed E-state index contributed by atoms with van der Waals surface area (Å²) in [7, 11) is -3.53. The van der Waals surface area contributed by atoms with Crippen LogP contribution in [0.5, 0.6) is 0 Å². The van der Waals surface area contributed by atoms with Gasteiger partial charge in [-0.2, -0.15) is 0 Å². The molecule has 0 aromatic heterocycles. The van der Waals surface area contributed by atoms with Gasteiger partial charge in [-0.25, -0.2) is 13.1 Å². The Morgan fingerprint density at radius 1 is 1.24 bits per heavy atom. The topological polar surface area (TPSA) is 81.4 Å². The number of anilines is 1. The lowest BCUT2D eigenvalue weighted by Crippen LogP contribution is -2.33. The molecule has 0 spiro atoms. The van der Waals surface area contributed by atoms with Crippen molar-refractivity contribution in [2.45, 2.75) is 38.5 Å². The highest BCUT2D eigenvalue weighted by molar-refractivity contribution is 7.89. The predicted octanol–water partition coefficient (Wildman–Crippen LogP) is 1.90. The van der Waals surface area contributed by atoms with Crippen LogP contribution < -0.4 is 10.5 Å². The second-order valence-corrected chi connectivity index (χ2v) is 7.49. The molecule has 1 saturated heterocycles. The zero-order valence-corrected chi connectivity index (χ0v) is 13.7. The van der Waals surface area contributed by atoms with Gasteiger partial charge in [0.25, 0.3) is 0 Å². The van der Waals surface area contributed by atoms with E-state index in [-0.39, 0.29) is 0 Å². The van der Waals surface area contributed by atoms with Crippen molar-refractivity contribution in [2.75, 3.05) is 25.5 Å². The van der Waals surface area contributed by atoms with Crippen molar-refractivity contribution in [2.24, 2.45) is 5.92 Å². The zero-order chi connectivity index (χ0) is 15.6. The molecule has 5 nitrogen and oxygen atoms in total. The van der Waals surface area contributed by atoms with E-state index in [1.807, 2.05) is 19.9 Å². The Morgan fingerprint density at radius 2 is 1.86 bits per heavy atom. The third-order valence-electron chi connectivity index (χ3n) is 4.13. The summed E-state index contributed by atoms with van der Waals surface area (Å²) in [6.07, 6.45) is 1.80. The Hall–Kier alpha value is -1.11. The van der Waals surface area contributed by atoms with Gasteiger partial charge in [-0.15, -0.1) is 0 Å². The summed E-state index contributed by atoms with van der Waals surface area (Å²) in [6, 6.07) is 1.82. The van der Waals surface area contributed by atoms with E-state index >= 15 is 0 Å². The average molecular weight is 312 g/mol. The van der Waals surface area contributed by atoms with Crippen LogP contribution in [0, 0.1) is 26.7 Å². The minimum atomic E-state index is -3.53. The summed E-state index contributed by atoms with van der Waals surface area (Å²) in [6.45, 7) is 7.34. The van der Waals surface area contributed by atoms with E-state index in [1.54, 1.807) is 6.92 Å². The lowest BCUT2D eigenvalue weighted by Gasteiger charge is -2.23. The number of rotatable bonds is 4. The first-order valence-electron chi connectivity index (χ1n) is 7.26. The van der Waals surface area contributed by atoms with Gasteiger partial charge in [-0.1, -0.05) is 6.07 Å². The predicted molar refractivity (Wildman–Crippen MR) is 83.8 cm³/mol. The van der Waals surface area contributed by atoms with Gasteiger partial charge in [-0.05, 0) is 56.2 Å². The molecule has 1 aromatic carbocycles. The molecule has 0 bridgehead atoms. The summed E-state index contributed by atoms with van der Waals surface area (Å²) in [5.74, 6) is 0.344. The monoisotopic (exact) mass is 312 g/mol. The molecule has 6 heteroatoms. The van der Waals surface area contributed by atoms with Crippen LogP contribution in [-0.2, 0) is 14.8 Å². The number of sulfonamides is 1. The average Bonchev–Trinajstić information content (AvgIpc) is 2.44. The van der Waals surface area contributed by atoms with Crippen molar-refractivity contribution < 1.29 is 13.2 Å². The van der Waals surface area contributed by atoms with Crippen LogP contribution >= 0.6 is 0 Å². The van der Waals surface area contributed by atoms with Crippen LogP contribution in [0.4, 0.5) is 5.69 Å². The Kier molecular flexibility index (Phi) is 4.91. The molecule has 0 aliphatic carbocycles. The van der Waals surface area contributed by atoms with Gasteiger partial charge in [0.15, 0.2) is 0 Å². The van der Waals surface area contributed by atoms with E-state index in [9.17, 15) is 8.42 Å². The maximum absolute atomic E-state index is 12.6. The second-order valence-electron chi connectivity index (χ2n) is 5.79. The van der Waals surface area contributed by atoms with Crippen LogP contribution in [0.15, 0.2) is 11.0 Å². The third-order valence-corrected chi connectivity index (χ3v) is 5.84. The lowest BCUT2D eigenvalue weighted by atomic mass is 10.0. The molecular formula is C15H24N2O3S. The maximum atomic E-state index is 12.6. The fourth-order valence-electron chi connectivity index (χ4n) is 2.85. The molecule has 21 heavy (non-hydrogen) atoms. The molecule has 0 unspecified atom stereocenters. The summed E-state index contributed by atoms with van der Waals surface area (Å²) >= 11 is 0. The highest BCUT2D eigenvalue weighted by Crippen LogP contribution is 2.28. The van der Waals surface area contributed by atoms with E-state index in [4.69, 9.17) is 10.5 Å². The zero-order valence-electron chi connectivity index (χ0n) is 12.9. The molecule has 118 valence electrons. The van der Waals surface area contributed by atoms with Gasteiger partial charge < -0.3 is 10.5 Å². The molecule has 2 rings (SSSR count). The Bertz CT molecular complexity index is 620. The number of hydrogen-bond donors (Lipinski definition) is 2. The fraction of sp³-hybridized carbons (Fsp3) is 0.600. The molecule has 0 saturated carbocycles. The summed E-state index contributed by atoms with van der Waals surface area (Å²) in [4.78, 5) is 0.317. The van der Waals surface area contributed by atoms with Gasteiger partial charge in [-0.3, -0.25) is 0 Å². The molecule has 3 N–H and O–H groups in total. The van der Waals surface area contributed by atoms with Crippen molar-refractivity contribution in [3.63, 3.8) is 0 Å². The van der Waals surface area contributed by atoms with Crippen molar-refractivity contribution in [1.82, 2.24) is 4.72 Å². The molecule has 0 radical (unpaired) electrons. The third kappa shape index (κ3) is 3.56. The van der Waals surface area contributed by atoms with E-state index in [2.05, 4.69) is 4.72 Å². The number of nitrogens with two attached hydrogens (primary N) is 1. The van der Waals surface area contributed by atoms with Crippen LogP contribution in [0.1, 0.15) is 29.5 Å². The second kappa shape index (κ2) is 6.34. The largest absolute Gasteiger partial charge is 0.398 e. The highest BCUT2D eigenvalue weighted by atomic mass is 32.2. The highest BCUT2D eigenvalue weighted by Gasteiger charge is 2.23.